The van der Waals surface area contributed by atoms with E-state index in [-0.39, 0.29) is 23.5 Å². The van der Waals surface area contributed by atoms with Crippen molar-refractivity contribution in [2.45, 2.75) is 19.8 Å². The van der Waals surface area contributed by atoms with Gasteiger partial charge in [0, 0.05) is 25.6 Å². The minimum Gasteiger partial charge on any atom is -0.305 e. The summed E-state index contributed by atoms with van der Waals surface area (Å²) in [7, 11) is 1.53. The lowest BCUT2D eigenvalue weighted by atomic mass is 10.0. The van der Waals surface area contributed by atoms with Crippen LogP contribution in [0.3, 0.4) is 0 Å². The first-order valence-electron chi connectivity index (χ1n) is 8.28. The van der Waals surface area contributed by atoms with Crippen molar-refractivity contribution in [3.63, 3.8) is 0 Å². The number of aromatic nitrogens is 1. The average Bonchev–Trinajstić information content (AvgIpc) is 2.61. The Morgan fingerprint density at radius 2 is 2.12 bits per heavy atom. The predicted octanol–water partition coefficient (Wildman–Crippen LogP) is 2.60. The van der Waals surface area contributed by atoms with E-state index in [0.29, 0.717) is 24.4 Å². The van der Waals surface area contributed by atoms with Gasteiger partial charge in [0.05, 0.1) is 0 Å². The Morgan fingerprint density at radius 1 is 1.31 bits per heavy atom. The maximum Gasteiger partial charge on any atom is 0.273 e. The molecule has 1 aliphatic rings. The van der Waals surface area contributed by atoms with Crippen LogP contribution < -0.4 is 5.32 Å². The smallest absolute Gasteiger partial charge is 0.273 e. The molecule has 0 fully saturated rings. The fourth-order valence-corrected chi connectivity index (χ4v) is 2.78. The number of halogens is 1. The van der Waals surface area contributed by atoms with Gasteiger partial charge in [-0.15, -0.1) is 0 Å². The van der Waals surface area contributed by atoms with Crippen molar-refractivity contribution >= 4 is 23.3 Å². The second kappa shape index (κ2) is 7.43. The topological polar surface area (TPSA) is 74.7 Å². The molecule has 1 atom stereocenters. The van der Waals surface area contributed by atoms with Gasteiger partial charge in [0.2, 0.25) is 5.91 Å². The van der Waals surface area contributed by atoms with E-state index >= 15 is 0 Å². The van der Waals surface area contributed by atoms with Crippen molar-refractivity contribution in [2.75, 3.05) is 12.4 Å². The standard InChI is InChI=1S/C19H19FN4O2/c1-12-8-16(23-24(2)19(12)26)18(25)22-17-7-6-14(11-21-17)9-13-4-3-5-15(20)10-13/h3-7,10-12H,8-9H2,1-2H3,(H,21,22,25). The van der Waals surface area contributed by atoms with E-state index in [9.17, 15) is 14.0 Å². The zero-order valence-electron chi connectivity index (χ0n) is 14.6. The van der Waals surface area contributed by atoms with Crippen LogP contribution in [0.2, 0.25) is 0 Å². The molecule has 1 aliphatic heterocycles. The molecule has 0 saturated heterocycles. The zero-order valence-corrected chi connectivity index (χ0v) is 14.6. The highest BCUT2D eigenvalue weighted by Gasteiger charge is 2.28. The van der Waals surface area contributed by atoms with E-state index in [2.05, 4.69) is 15.4 Å². The molecule has 26 heavy (non-hydrogen) atoms. The van der Waals surface area contributed by atoms with Crippen LogP contribution in [0, 0.1) is 11.7 Å². The van der Waals surface area contributed by atoms with Crippen LogP contribution in [-0.4, -0.2) is 34.6 Å². The first-order valence-corrected chi connectivity index (χ1v) is 8.28. The Balaban J connectivity index is 1.65. The molecule has 1 unspecified atom stereocenters. The lowest BCUT2D eigenvalue weighted by molar-refractivity contribution is -0.134. The number of hydrogen-bond donors (Lipinski definition) is 1. The number of nitrogens with zero attached hydrogens (tertiary/aromatic N) is 3. The SMILES string of the molecule is CC1CC(C(=O)Nc2ccc(Cc3cccc(F)c3)cn2)=NN(C)C1=O. The summed E-state index contributed by atoms with van der Waals surface area (Å²) in [6, 6.07) is 9.91. The second-order valence-electron chi connectivity index (χ2n) is 6.33. The quantitative estimate of drug-likeness (QED) is 0.917. The van der Waals surface area contributed by atoms with Crippen LogP contribution in [0.1, 0.15) is 24.5 Å². The molecule has 3 rings (SSSR count). The van der Waals surface area contributed by atoms with Crippen molar-refractivity contribution in [1.29, 1.82) is 0 Å². The molecule has 2 aromatic rings. The molecular weight excluding hydrogens is 335 g/mol. The molecule has 1 N–H and O–H groups in total. The summed E-state index contributed by atoms with van der Waals surface area (Å²) in [5.74, 6) is -0.638. The Hall–Kier alpha value is -3.09. The Bertz CT molecular complexity index is 864. The van der Waals surface area contributed by atoms with Crippen molar-refractivity contribution in [3.05, 3.63) is 59.5 Å². The van der Waals surface area contributed by atoms with Crippen molar-refractivity contribution in [2.24, 2.45) is 11.0 Å². The highest BCUT2D eigenvalue weighted by atomic mass is 19.1. The van der Waals surface area contributed by atoms with Gasteiger partial charge in [0.1, 0.15) is 17.3 Å². The van der Waals surface area contributed by atoms with Gasteiger partial charge in [0.15, 0.2) is 0 Å². The molecule has 2 amide bonds. The summed E-state index contributed by atoms with van der Waals surface area (Å²) < 4.78 is 13.2. The maximum atomic E-state index is 13.2. The number of hydrogen-bond acceptors (Lipinski definition) is 4. The van der Waals surface area contributed by atoms with Crippen molar-refractivity contribution < 1.29 is 14.0 Å². The van der Waals surface area contributed by atoms with Gasteiger partial charge >= 0.3 is 0 Å². The highest BCUT2D eigenvalue weighted by molar-refractivity contribution is 6.43. The third-order valence-electron chi connectivity index (χ3n) is 4.14. The number of carbonyl (C=O) groups is 2. The van der Waals surface area contributed by atoms with Crippen LogP contribution in [-0.2, 0) is 16.0 Å². The van der Waals surface area contributed by atoms with E-state index in [0.717, 1.165) is 11.1 Å². The van der Waals surface area contributed by atoms with E-state index in [1.54, 1.807) is 25.3 Å². The largest absolute Gasteiger partial charge is 0.305 e. The van der Waals surface area contributed by atoms with Crippen molar-refractivity contribution in [3.8, 4) is 0 Å². The van der Waals surface area contributed by atoms with Gasteiger partial charge in [-0.2, -0.15) is 5.10 Å². The van der Waals surface area contributed by atoms with Crippen LogP contribution in [0.15, 0.2) is 47.7 Å². The monoisotopic (exact) mass is 354 g/mol. The first kappa shape index (κ1) is 17.7. The van der Waals surface area contributed by atoms with Crippen LogP contribution in [0.25, 0.3) is 0 Å². The van der Waals surface area contributed by atoms with Crippen LogP contribution in [0.4, 0.5) is 10.2 Å². The molecule has 0 bridgehead atoms. The lowest BCUT2D eigenvalue weighted by Crippen LogP contribution is -2.39. The molecule has 2 heterocycles. The van der Waals surface area contributed by atoms with E-state index in [4.69, 9.17) is 0 Å². The average molecular weight is 354 g/mol. The molecule has 134 valence electrons. The fourth-order valence-electron chi connectivity index (χ4n) is 2.78. The van der Waals surface area contributed by atoms with E-state index < -0.39 is 0 Å². The number of benzene rings is 1. The normalized spacial score (nSPS) is 17.0. The molecule has 7 heteroatoms. The van der Waals surface area contributed by atoms with Gasteiger partial charge in [-0.3, -0.25) is 9.59 Å². The van der Waals surface area contributed by atoms with Gasteiger partial charge in [0.25, 0.3) is 5.91 Å². The number of pyridine rings is 1. The fraction of sp³-hybridized carbons (Fsp3) is 0.263. The Labute approximate surface area is 150 Å². The third-order valence-corrected chi connectivity index (χ3v) is 4.14. The number of anilines is 1. The van der Waals surface area contributed by atoms with Gasteiger partial charge in [-0.1, -0.05) is 25.1 Å². The van der Waals surface area contributed by atoms with Crippen molar-refractivity contribution in [1.82, 2.24) is 9.99 Å². The third kappa shape index (κ3) is 4.11. The number of carbonyl (C=O) groups excluding carboxylic acids is 2. The summed E-state index contributed by atoms with van der Waals surface area (Å²) in [5, 5.41) is 7.90. The Kier molecular flexibility index (Phi) is 5.06. The molecule has 0 saturated carbocycles. The second-order valence-corrected chi connectivity index (χ2v) is 6.33. The van der Waals surface area contributed by atoms with E-state index in [1.165, 1.54) is 24.2 Å². The summed E-state index contributed by atoms with van der Waals surface area (Å²) in [6.07, 6.45) is 2.49. The first-order chi connectivity index (χ1) is 12.4. The molecule has 0 radical (unpaired) electrons. The minimum absolute atomic E-state index is 0.110. The lowest BCUT2D eigenvalue weighted by Gasteiger charge is -2.23. The number of hydrazone groups is 1. The van der Waals surface area contributed by atoms with Crippen LogP contribution >= 0.6 is 0 Å². The number of rotatable bonds is 4. The predicted molar refractivity (Wildman–Crippen MR) is 96.1 cm³/mol. The summed E-state index contributed by atoms with van der Waals surface area (Å²) >= 11 is 0. The molecule has 1 aromatic heterocycles. The zero-order chi connectivity index (χ0) is 18.7. The highest BCUT2D eigenvalue weighted by Crippen LogP contribution is 2.16. The number of amides is 2. The summed E-state index contributed by atoms with van der Waals surface area (Å²) in [5.41, 5.74) is 2.05. The molecule has 0 aliphatic carbocycles. The molecule has 0 spiro atoms. The van der Waals surface area contributed by atoms with Gasteiger partial charge in [-0.05, 0) is 35.7 Å². The summed E-state index contributed by atoms with van der Waals surface area (Å²) in [6.45, 7) is 1.76. The molecule has 6 nitrogen and oxygen atoms in total. The van der Waals surface area contributed by atoms with Gasteiger partial charge < -0.3 is 5.32 Å². The van der Waals surface area contributed by atoms with E-state index in [1.807, 2.05) is 12.1 Å². The molecule has 1 aromatic carbocycles. The summed E-state index contributed by atoms with van der Waals surface area (Å²) in [4.78, 5) is 28.3. The Morgan fingerprint density at radius 3 is 2.77 bits per heavy atom. The number of nitrogens with one attached hydrogen (secondary N) is 1. The minimum atomic E-state index is -0.374. The maximum absolute atomic E-state index is 13.2. The molecular formula is C19H19FN4O2. The van der Waals surface area contributed by atoms with Gasteiger partial charge in [-0.25, -0.2) is 14.4 Å². The van der Waals surface area contributed by atoms with Crippen LogP contribution in [0.5, 0.6) is 0 Å².